The Morgan fingerprint density at radius 2 is 1.88 bits per heavy atom. The van der Waals surface area contributed by atoms with Crippen LogP contribution in [-0.2, 0) is 11.3 Å². The number of hydrogen-bond donors (Lipinski definition) is 2. The number of nitrogens with one attached hydrogen (secondary N) is 2. The molecule has 0 radical (unpaired) electrons. The Morgan fingerprint density at radius 1 is 1.12 bits per heavy atom. The highest BCUT2D eigenvalue weighted by molar-refractivity contribution is 5.97. The lowest BCUT2D eigenvalue weighted by atomic mass is 10.0. The van der Waals surface area contributed by atoms with Crippen molar-refractivity contribution in [3.05, 3.63) is 59.0 Å². The van der Waals surface area contributed by atoms with Crippen molar-refractivity contribution in [3.8, 4) is 0 Å². The zero-order valence-corrected chi connectivity index (χ0v) is 14.6. The summed E-state index contributed by atoms with van der Waals surface area (Å²) in [5, 5.41) is 5.62. The number of aryl methyl sites for hydroxylation is 2. The number of rotatable bonds is 6. The number of amides is 2. The van der Waals surface area contributed by atoms with E-state index in [9.17, 15) is 9.59 Å². The molecule has 0 aliphatic carbocycles. The van der Waals surface area contributed by atoms with E-state index in [0.717, 1.165) is 11.1 Å². The van der Waals surface area contributed by atoms with Crippen LogP contribution in [0.5, 0.6) is 0 Å². The molecule has 1 aromatic heterocycles. The fourth-order valence-electron chi connectivity index (χ4n) is 2.34. The predicted molar refractivity (Wildman–Crippen MR) is 92.6 cm³/mol. The Hall–Kier alpha value is -2.56. The van der Waals surface area contributed by atoms with Gasteiger partial charge in [-0.3, -0.25) is 9.59 Å². The SMILES string of the molecule is Cc1ccc(C(=O)N[C@H](C(=O)NCc2ccco2)C(C)C)cc1C. The van der Waals surface area contributed by atoms with Crippen LogP contribution in [-0.4, -0.2) is 17.9 Å². The minimum absolute atomic E-state index is 0.0305. The lowest BCUT2D eigenvalue weighted by Crippen LogP contribution is -2.49. The lowest BCUT2D eigenvalue weighted by Gasteiger charge is -2.21. The summed E-state index contributed by atoms with van der Waals surface area (Å²) in [5.74, 6) is 0.173. The Bertz CT molecular complexity index is 705. The van der Waals surface area contributed by atoms with Crippen LogP contribution in [0.3, 0.4) is 0 Å². The highest BCUT2D eigenvalue weighted by Gasteiger charge is 2.24. The largest absolute Gasteiger partial charge is 0.467 e. The smallest absolute Gasteiger partial charge is 0.251 e. The third-order valence-corrected chi connectivity index (χ3v) is 4.02. The van der Waals surface area contributed by atoms with Crippen molar-refractivity contribution < 1.29 is 14.0 Å². The maximum atomic E-state index is 12.5. The Morgan fingerprint density at radius 3 is 2.46 bits per heavy atom. The first-order chi connectivity index (χ1) is 11.4. The number of carbonyl (C=O) groups is 2. The molecule has 1 heterocycles. The number of carbonyl (C=O) groups excluding carboxylic acids is 2. The molecule has 0 aliphatic rings. The van der Waals surface area contributed by atoms with E-state index in [1.165, 1.54) is 0 Å². The molecule has 5 nitrogen and oxygen atoms in total. The maximum Gasteiger partial charge on any atom is 0.251 e. The van der Waals surface area contributed by atoms with Gasteiger partial charge >= 0.3 is 0 Å². The second-order valence-electron chi connectivity index (χ2n) is 6.29. The third-order valence-electron chi connectivity index (χ3n) is 4.02. The molecule has 0 spiro atoms. The van der Waals surface area contributed by atoms with Crippen molar-refractivity contribution in [1.29, 1.82) is 0 Å². The molecule has 1 aromatic carbocycles. The molecule has 0 bridgehead atoms. The topological polar surface area (TPSA) is 71.3 Å². The summed E-state index contributed by atoms with van der Waals surface area (Å²) in [5.41, 5.74) is 2.73. The van der Waals surface area contributed by atoms with Crippen molar-refractivity contribution in [2.75, 3.05) is 0 Å². The molecular formula is C19H24N2O3. The first-order valence-corrected chi connectivity index (χ1v) is 8.06. The third kappa shape index (κ3) is 4.47. The van der Waals surface area contributed by atoms with Crippen LogP contribution < -0.4 is 10.6 Å². The standard InChI is InChI=1S/C19H24N2O3/c1-12(2)17(19(23)20-11-16-6-5-9-24-16)21-18(22)15-8-7-13(3)14(4)10-15/h5-10,12,17H,11H2,1-4H3,(H,20,23)(H,21,22)/t17-/m0/s1. The molecule has 0 aliphatic heterocycles. The number of hydrogen-bond acceptors (Lipinski definition) is 3. The predicted octanol–water partition coefficient (Wildman–Crippen LogP) is 2.97. The average Bonchev–Trinajstić information content (AvgIpc) is 3.05. The Labute approximate surface area is 142 Å². The van der Waals surface area contributed by atoms with E-state index >= 15 is 0 Å². The molecule has 2 rings (SSSR count). The van der Waals surface area contributed by atoms with Crippen molar-refractivity contribution in [2.45, 2.75) is 40.3 Å². The van der Waals surface area contributed by atoms with Gasteiger partial charge in [0.2, 0.25) is 5.91 Å². The van der Waals surface area contributed by atoms with Gasteiger partial charge in [0.15, 0.2) is 0 Å². The van der Waals surface area contributed by atoms with E-state index in [2.05, 4.69) is 10.6 Å². The number of benzene rings is 1. The van der Waals surface area contributed by atoms with Gasteiger partial charge in [-0.25, -0.2) is 0 Å². The van der Waals surface area contributed by atoms with Crippen LogP contribution in [0.25, 0.3) is 0 Å². The minimum atomic E-state index is -0.603. The van der Waals surface area contributed by atoms with E-state index in [0.29, 0.717) is 17.9 Å². The minimum Gasteiger partial charge on any atom is -0.467 e. The second kappa shape index (κ2) is 7.81. The highest BCUT2D eigenvalue weighted by atomic mass is 16.3. The van der Waals surface area contributed by atoms with E-state index in [-0.39, 0.29) is 17.7 Å². The van der Waals surface area contributed by atoms with Crippen LogP contribution in [0.15, 0.2) is 41.0 Å². The molecule has 2 N–H and O–H groups in total. The second-order valence-corrected chi connectivity index (χ2v) is 6.29. The Balaban J connectivity index is 2.02. The quantitative estimate of drug-likeness (QED) is 0.856. The fraction of sp³-hybridized carbons (Fsp3) is 0.368. The van der Waals surface area contributed by atoms with Crippen molar-refractivity contribution >= 4 is 11.8 Å². The van der Waals surface area contributed by atoms with Gasteiger partial charge in [0.1, 0.15) is 11.8 Å². The summed E-state index contributed by atoms with van der Waals surface area (Å²) >= 11 is 0. The van der Waals surface area contributed by atoms with Gasteiger partial charge in [0, 0.05) is 5.56 Å². The maximum absolute atomic E-state index is 12.5. The molecule has 2 amide bonds. The van der Waals surface area contributed by atoms with Crippen molar-refractivity contribution in [2.24, 2.45) is 5.92 Å². The highest BCUT2D eigenvalue weighted by Crippen LogP contribution is 2.11. The summed E-state index contributed by atoms with van der Waals surface area (Å²) in [4.78, 5) is 24.9. The molecule has 5 heteroatoms. The summed E-state index contributed by atoms with van der Waals surface area (Å²) in [6.45, 7) is 8.06. The Kier molecular flexibility index (Phi) is 5.79. The first-order valence-electron chi connectivity index (χ1n) is 8.06. The van der Waals surface area contributed by atoms with E-state index in [1.807, 2.05) is 39.8 Å². The number of furan rings is 1. The zero-order chi connectivity index (χ0) is 17.7. The lowest BCUT2D eigenvalue weighted by molar-refractivity contribution is -0.124. The summed E-state index contributed by atoms with van der Waals surface area (Å²) in [6.07, 6.45) is 1.56. The normalized spacial score (nSPS) is 12.0. The van der Waals surface area contributed by atoms with E-state index < -0.39 is 6.04 Å². The fourth-order valence-corrected chi connectivity index (χ4v) is 2.34. The van der Waals surface area contributed by atoms with Crippen LogP contribution in [0.1, 0.15) is 41.1 Å². The molecule has 128 valence electrons. The van der Waals surface area contributed by atoms with E-state index in [4.69, 9.17) is 4.42 Å². The molecule has 1 atom stereocenters. The van der Waals surface area contributed by atoms with Gasteiger partial charge in [0.25, 0.3) is 5.91 Å². The van der Waals surface area contributed by atoms with Gasteiger partial charge in [-0.1, -0.05) is 19.9 Å². The summed E-state index contributed by atoms with van der Waals surface area (Å²) in [6, 6.07) is 8.47. The molecule has 24 heavy (non-hydrogen) atoms. The molecule has 0 unspecified atom stereocenters. The van der Waals surface area contributed by atoms with Crippen LogP contribution >= 0.6 is 0 Å². The van der Waals surface area contributed by atoms with Crippen molar-refractivity contribution in [1.82, 2.24) is 10.6 Å². The van der Waals surface area contributed by atoms with Crippen molar-refractivity contribution in [3.63, 3.8) is 0 Å². The van der Waals surface area contributed by atoms with Gasteiger partial charge in [-0.05, 0) is 55.2 Å². The molecule has 2 aromatic rings. The van der Waals surface area contributed by atoms with Gasteiger partial charge in [-0.15, -0.1) is 0 Å². The van der Waals surface area contributed by atoms with Crippen LogP contribution in [0, 0.1) is 19.8 Å². The van der Waals surface area contributed by atoms with Gasteiger partial charge < -0.3 is 15.1 Å². The van der Waals surface area contributed by atoms with Gasteiger partial charge in [0.05, 0.1) is 12.8 Å². The molecule has 0 saturated carbocycles. The summed E-state index contributed by atoms with van der Waals surface area (Å²) in [7, 11) is 0. The molecular weight excluding hydrogens is 304 g/mol. The zero-order valence-electron chi connectivity index (χ0n) is 14.6. The average molecular weight is 328 g/mol. The van der Waals surface area contributed by atoms with Crippen LogP contribution in [0.2, 0.25) is 0 Å². The van der Waals surface area contributed by atoms with Gasteiger partial charge in [-0.2, -0.15) is 0 Å². The molecule has 0 fully saturated rings. The van der Waals surface area contributed by atoms with Crippen LogP contribution in [0.4, 0.5) is 0 Å². The monoisotopic (exact) mass is 328 g/mol. The molecule has 0 saturated heterocycles. The van der Waals surface area contributed by atoms with E-state index in [1.54, 1.807) is 24.5 Å². The first kappa shape index (κ1) is 17.8. The summed E-state index contributed by atoms with van der Waals surface area (Å²) < 4.78 is 5.20.